The van der Waals surface area contributed by atoms with Gasteiger partial charge in [0.1, 0.15) is 0 Å². The molecule has 152 valence electrons. The Hall–Kier alpha value is -3.20. The van der Waals surface area contributed by atoms with Crippen LogP contribution in [0.15, 0.2) is 66.9 Å². The molecule has 2 aromatic rings. The molecule has 2 aromatic heterocycles. The fourth-order valence-corrected chi connectivity index (χ4v) is 2.96. The number of hydrogen-bond donors (Lipinski definition) is 1. The lowest BCUT2D eigenvalue weighted by molar-refractivity contribution is -0.355. The van der Waals surface area contributed by atoms with Gasteiger partial charge in [0.05, 0.1) is 11.9 Å². The van der Waals surface area contributed by atoms with Gasteiger partial charge in [0.2, 0.25) is 5.91 Å². The molecule has 0 saturated carbocycles. The number of allylic oxidation sites excluding steroid dienone is 2. The van der Waals surface area contributed by atoms with E-state index in [4.69, 9.17) is 0 Å². The summed E-state index contributed by atoms with van der Waals surface area (Å²) in [4.78, 5) is 20.0. The second kappa shape index (κ2) is 8.44. The number of ether oxygens (including phenoxy) is 1. The van der Waals surface area contributed by atoms with E-state index in [1.807, 2.05) is 6.07 Å². The third-order valence-corrected chi connectivity index (χ3v) is 4.09. The molecule has 0 spiro atoms. The molecule has 0 bridgehead atoms. The summed E-state index contributed by atoms with van der Waals surface area (Å²) in [5.41, 5.74) is 0.0810. The Labute approximate surface area is 165 Å². The highest BCUT2D eigenvalue weighted by Crippen LogP contribution is 2.33. The van der Waals surface area contributed by atoms with Crippen molar-refractivity contribution in [3.63, 3.8) is 0 Å². The number of carbonyl (C=O) groups is 1. The van der Waals surface area contributed by atoms with E-state index in [9.17, 15) is 18.0 Å². The van der Waals surface area contributed by atoms with Gasteiger partial charge in [-0.15, -0.1) is 13.2 Å². The zero-order valence-corrected chi connectivity index (χ0v) is 15.6. The summed E-state index contributed by atoms with van der Waals surface area (Å²) in [6, 6.07) is 3.58. The van der Waals surface area contributed by atoms with Crippen LogP contribution in [0, 0.1) is 0 Å². The van der Waals surface area contributed by atoms with Gasteiger partial charge >= 0.3 is 6.36 Å². The van der Waals surface area contributed by atoms with Crippen molar-refractivity contribution >= 4 is 17.8 Å². The Morgan fingerprint density at radius 2 is 2.28 bits per heavy atom. The molecule has 1 N–H and O–H groups in total. The first kappa shape index (κ1) is 20.5. The molecule has 3 rings (SSSR count). The molecule has 1 unspecified atom stereocenters. The number of anilines is 1. The summed E-state index contributed by atoms with van der Waals surface area (Å²) in [5, 5.41) is 2.63. The maximum Gasteiger partial charge on any atom is 0.523 e. The van der Waals surface area contributed by atoms with Crippen molar-refractivity contribution < 1.29 is 22.7 Å². The smallest absolute Gasteiger partial charge is 0.331 e. The van der Waals surface area contributed by atoms with Gasteiger partial charge in [0, 0.05) is 37.6 Å². The number of halogens is 3. The van der Waals surface area contributed by atoms with Crippen LogP contribution in [-0.2, 0) is 16.1 Å². The standard InChI is InChI=1S/C20H19F3N4O2/c1-19(29-20(21,22)23)8-2-4-16(10-19)12-27-13-17(25-14-27)26-18(28)7-6-15-5-3-9-24-11-15/h2-9,11,13-14H,10,12H2,1H3,(H,26,28)/b7-6+. The molecule has 2 heterocycles. The predicted molar refractivity (Wildman–Crippen MR) is 102 cm³/mol. The fraction of sp³-hybridized carbons (Fsp3) is 0.250. The molecule has 0 radical (unpaired) electrons. The first-order valence-corrected chi connectivity index (χ1v) is 8.76. The Bertz CT molecular complexity index is 948. The maximum atomic E-state index is 12.6. The highest BCUT2D eigenvalue weighted by atomic mass is 19.4. The van der Waals surface area contributed by atoms with Crippen LogP contribution in [0.3, 0.4) is 0 Å². The summed E-state index contributed by atoms with van der Waals surface area (Å²) < 4.78 is 43.7. The van der Waals surface area contributed by atoms with E-state index in [2.05, 4.69) is 20.0 Å². The van der Waals surface area contributed by atoms with Crippen molar-refractivity contribution in [1.29, 1.82) is 0 Å². The van der Waals surface area contributed by atoms with E-state index in [0.717, 1.165) is 11.1 Å². The quantitative estimate of drug-likeness (QED) is 0.736. The van der Waals surface area contributed by atoms with Crippen molar-refractivity contribution in [3.8, 4) is 0 Å². The van der Waals surface area contributed by atoms with Gasteiger partial charge < -0.3 is 9.88 Å². The Morgan fingerprint density at radius 1 is 1.45 bits per heavy atom. The lowest BCUT2D eigenvalue weighted by Crippen LogP contribution is -2.35. The molecular formula is C20H19F3N4O2. The molecule has 1 aliphatic rings. The normalized spacial score (nSPS) is 19.4. The van der Waals surface area contributed by atoms with E-state index >= 15 is 0 Å². The van der Waals surface area contributed by atoms with E-state index in [-0.39, 0.29) is 12.3 Å². The SMILES string of the molecule is CC1(OC(F)(F)F)C=CC=C(Cn2cnc(NC(=O)/C=C/c3cccnc3)c2)C1. The highest BCUT2D eigenvalue weighted by molar-refractivity contribution is 6.01. The second-order valence-electron chi connectivity index (χ2n) is 6.76. The van der Waals surface area contributed by atoms with E-state index in [1.165, 1.54) is 25.4 Å². The molecule has 1 aliphatic carbocycles. The van der Waals surface area contributed by atoms with Gasteiger partial charge in [0.25, 0.3) is 0 Å². The van der Waals surface area contributed by atoms with Gasteiger partial charge in [-0.25, -0.2) is 4.98 Å². The molecule has 1 atom stereocenters. The number of carbonyl (C=O) groups excluding carboxylic acids is 1. The molecule has 6 nitrogen and oxygen atoms in total. The van der Waals surface area contributed by atoms with Crippen molar-refractivity contribution in [2.45, 2.75) is 31.9 Å². The summed E-state index contributed by atoms with van der Waals surface area (Å²) in [5.74, 6) is -0.0165. The molecule has 0 fully saturated rings. The van der Waals surface area contributed by atoms with Crippen LogP contribution in [0.2, 0.25) is 0 Å². The predicted octanol–water partition coefficient (Wildman–Crippen LogP) is 4.11. The van der Waals surface area contributed by atoms with E-state index in [0.29, 0.717) is 12.4 Å². The highest BCUT2D eigenvalue weighted by Gasteiger charge is 2.40. The minimum absolute atomic E-state index is 0.0940. The van der Waals surface area contributed by atoms with Crippen LogP contribution in [0.1, 0.15) is 18.9 Å². The van der Waals surface area contributed by atoms with Crippen LogP contribution in [-0.4, -0.2) is 32.4 Å². The van der Waals surface area contributed by atoms with Gasteiger partial charge in [0.15, 0.2) is 5.82 Å². The van der Waals surface area contributed by atoms with Gasteiger partial charge in [-0.1, -0.05) is 24.3 Å². The average molecular weight is 404 g/mol. The summed E-state index contributed by atoms with van der Waals surface area (Å²) in [7, 11) is 0. The lowest BCUT2D eigenvalue weighted by Gasteiger charge is -2.30. The Balaban J connectivity index is 1.56. The second-order valence-corrected chi connectivity index (χ2v) is 6.76. The largest absolute Gasteiger partial charge is 0.523 e. The van der Waals surface area contributed by atoms with Crippen LogP contribution in [0.4, 0.5) is 19.0 Å². The van der Waals surface area contributed by atoms with Crippen molar-refractivity contribution in [3.05, 3.63) is 72.5 Å². The van der Waals surface area contributed by atoms with Crippen molar-refractivity contribution in [2.24, 2.45) is 0 Å². The Morgan fingerprint density at radius 3 is 3.00 bits per heavy atom. The number of nitrogens with zero attached hydrogens (tertiary/aromatic N) is 3. The minimum atomic E-state index is -4.71. The van der Waals surface area contributed by atoms with Gasteiger partial charge in [-0.2, -0.15) is 0 Å². The third-order valence-electron chi connectivity index (χ3n) is 4.09. The first-order chi connectivity index (χ1) is 13.7. The molecule has 29 heavy (non-hydrogen) atoms. The van der Waals surface area contributed by atoms with E-state index in [1.54, 1.807) is 47.5 Å². The number of nitrogens with one attached hydrogen (secondary N) is 1. The molecule has 9 heteroatoms. The number of imidazole rings is 1. The molecule has 0 aromatic carbocycles. The van der Waals surface area contributed by atoms with Gasteiger partial charge in [-0.05, 0) is 30.2 Å². The maximum absolute atomic E-state index is 12.6. The minimum Gasteiger partial charge on any atom is -0.331 e. The summed E-state index contributed by atoms with van der Waals surface area (Å²) in [6.45, 7) is 1.72. The topological polar surface area (TPSA) is 69.0 Å². The first-order valence-electron chi connectivity index (χ1n) is 8.76. The fourth-order valence-electron chi connectivity index (χ4n) is 2.96. The van der Waals surface area contributed by atoms with Crippen LogP contribution in [0.25, 0.3) is 6.08 Å². The van der Waals surface area contributed by atoms with Crippen LogP contribution in [0.5, 0.6) is 0 Å². The number of amides is 1. The number of aromatic nitrogens is 3. The lowest BCUT2D eigenvalue weighted by atomic mass is 9.91. The van der Waals surface area contributed by atoms with E-state index < -0.39 is 12.0 Å². The summed E-state index contributed by atoms with van der Waals surface area (Å²) in [6.07, 6.45) is 9.43. The molecule has 0 aliphatic heterocycles. The average Bonchev–Trinajstić information content (AvgIpc) is 3.05. The molecule has 0 saturated heterocycles. The monoisotopic (exact) mass is 404 g/mol. The number of hydrogen-bond acceptors (Lipinski definition) is 4. The molecule has 1 amide bonds. The van der Waals surface area contributed by atoms with Crippen molar-refractivity contribution in [2.75, 3.05) is 5.32 Å². The third kappa shape index (κ3) is 6.42. The van der Waals surface area contributed by atoms with Crippen LogP contribution >= 0.6 is 0 Å². The van der Waals surface area contributed by atoms with Crippen molar-refractivity contribution in [1.82, 2.24) is 14.5 Å². The number of rotatable bonds is 6. The van der Waals surface area contributed by atoms with Crippen LogP contribution < -0.4 is 5.32 Å². The van der Waals surface area contributed by atoms with Gasteiger partial charge in [-0.3, -0.25) is 14.5 Å². The zero-order valence-electron chi connectivity index (χ0n) is 15.6. The zero-order chi connectivity index (χ0) is 20.9. The number of alkyl halides is 3. The Kier molecular flexibility index (Phi) is 5.97. The number of pyridine rings is 1. The summed E-state index contributed by atoms with van der Waals surface area (Å²) >= 11 is 0. The molecular weight excluding hydrogens is 385 g/mol.